The van der Waals surface area contributed by atoms with Gasteiger partial charge in [0.05, 0.1) is 0 Å². The van der Waals surface area contributed by atoms with Crippen LogP contribution in [-0.2, 0) is 18.0 Å². The van der Waals surface area contributed by atoms with Crippen molar-refractivity contribution in [2.75, 3.05) is 0 Å². The van der Waals surface area contributed by atoms with Crippen molar-refractivity contribution >= 4 is 0 Å². The molecule has 14 heavy (non-hydrogen) atoms. The van der Waals surface area contributed by atoms with Crippen molar-refractivity contribution in [1.29, 1.82) is 0 Å². The third kappa shape index (κ3) is 1.81. The van der Waals surface area contributed by atoms with Crippen LogP contribution in [0.4, 0.5) is 0 Å². The van der Waals surface area contributed by atoms with Gasteiger partial charge in [-0.3, -0.25) is 0 Å². The Hall–Kier alpha value is -0.118. The van der Waals surface area contributed by atoms with Crippen LogP contribution in [0.5, 0.6) is 0 Å². The van der Waals surface area contributed by atoms with Gasteiger partial charge in [0, 0.05) is 0 Å². The van der Waals surface area contributed by atoms with E-state index in [1.54, 1.807) is 9.62 Å². The molecule has 0 saturated heterocycles. The molecule has 0 unspecified atom stereocenters. The Morgan fingerprint density at radius 3 is 2.14 bits per heavy atom. The molecule has 0 atom stereocenters. The van der Waals surface area contributed by atoms with Crippen molar-refractivity contribution < 1.29 is 18.0 Å². The Balaban J connectivity index is 3.02. The summed E-state index contributed by atoms with van der Waals surface area (Å²) in [7, 11) is 0. The minimum atomic E-state index is 0.297. The van der Waals surface area contributed by atoms with E-state index in [0.29, 0.717) is 23.4 Å². The maximum atomic E-state index is 3.81. The van der Waals surface area contributed by atoms with Gasteiger partial charge in [0.1, 0.15) is 0 Å². The average molecular weight is 283 g/mol. The minimum absolute atomic E-state index is 0.297. The van der Waals surface area contributed by atoms with Gasteiger partial charge in [-0.1, -0.05) is 0 Å². The van der Waals surface area contributed by atoms with E-state index in [1.807, 2.05) is 6.08 Å². The van der Waals surface area contributed by atoms with E-state index in [9.17, 15) is 0 Å². The molecule has 0 aliphatic heterocycles. The third-order valence-electron chi connectivity index (χ3n) is 3.15. The zero-order valence-corrected chi connectivity index (χ0v) is 11.4. The summed E-state index contributed by atoms with van der Waals surface area (Å²) in [4.78, 5) is 1.14. The van der Waals surface area contributed by atoms with Gasteiger partial charge < -0.3 is 0 Å². The fourth-order valence-electron chi connectivity index (χ4n) is 1.86. The molecule has 1 rings (SSSR count). The van der Waals surface area contributed by atoms with Crippen LogP contribution in [0.2, 0.25) is 4.89 Å². The van der Waals surface area contributed by atoms with E-state index in [4.69, 9.17) is 0 Å². The number of hydrogen-bond donors (Lipinski definition) is 0. The van der Waals surface area contributed by atoms with Crippen LogP contribution in [0.25, 0.3) is 0 Å². The van der Waals surface area contributed by atoms with Gasteiger partial charge in [0.2, 0.25) is 0 Å². The molecule has 1 heteroatoms. The van der Waals surface area contributed by atoms with Gasteiger partial charge in [-0.2, -0.15) is 0 Å². The van der Waals surface area contributed by atoms with Crippen molar-refractivity contribution in [1.82, 2.24) is 0 Å². The van der Waals surface area contributed by atoms with Crippen molar-refractivity contribution in [2.45, 2.75) is 39.5 Å². The molecule has 1 aliphatic rings. The second-order valence-electron chi connectivity index (χ2n) is 4.31. The first-order chi connectivity index (χ1) is 6.42. The van der Waals surface area contributed by atoms with Crippen LogP contribution in [0, 0.1) is 5.41 Å². The fourth-order valence-corrected chi connectivity index (χ4v) is 4.08. The molecular weight excluding hydrogens is 263 g/mol. The Bertz CT molecular complexity index is 316. The molecule has 0 amide bonds. The molecule has 0 spiro atoms. The monoisotopic (exact) mass is 282 g/mol. The van der Waals surface area contributed by atoms with Gasteiger partial charge in [0.25, 0.3) is 0 Å². The summed E-state index contributed by atoms with van der Waals surface area (Å²) >= 11 is 0.706. The second-order valence-corrected chi connectivity index (χ2v) is 6.27. The zero-order chi connectivity index (χ0) is 10.9. The Kier molecular flexibility index (Phi) is 3.56. The van der Waals surface area contributed by atoms with E-state index in [-0.39, 0.29) is 0 Å². The molecule has 0 radical (unpaired) electrons. The van der Waals surface area contributed by atoms with E-state index in [2.05, 4.69) is 41.2 Å². The average Bonchev–Trinajstić information content (AvgIpc) is 2.27. The molecule has 0 heterocycles. The molecule has 1 aliphatic carbocycles. The molecule has 0 N–H and O–H groups in total. The normalized spacial score (nSPS) is 20.9. The van der Waals surface area contributed by atoms with Crippen LogP contribution >= 0.6 is 0 Å². The van der Waals surface area contributed by atoms with Crippen LogP contribution in [0.1, 0.15) is 34.6 Å². The van der Waals surface area contributed by atoms with E-state index >= 15 is 0 Å². The quantitative estimate of drug-likeness (QED) is 0.534. The SMILES string of the molecule is C=C[CH2][Pd][C]1=C(C)C(C)=C(C)C1(C)C. The molecule has 0 saturated carbocycles. The zero-order valence-electron chi connectivity index (χ0n) is 9.81. The molecule has 0 bridgehead atoms. The van der Waals surface area contributed by atoms with Crippen LogP contribution < -0.4 is 0 Å². The predicted octanol–water partition coefficient (Wildman–Crippen LogP) is 4.32. The van der Waals surface area contributed by atoms with Crippen LogP contribution in [-0.4, -0.2) is 0 Å². The molecule has 0 fully saturated rings. The van der Waals surface area contributed by atoms with Gasteiger partial charge in [-0.05, 0) is 0 Å². The standard InChI is InChI=1S/C10H15.C3H5.Pd/c1-7-6-10(4,5)9(3)8(7)2;1-3-2;/h1-5H3;3H,1-2H2;. The van der Waals surface area contributed by atoms with Crippen molar-refractivity contribution in [3.8, 4) is 0 Å². The van der Waals surface area contributed by atoms with Crippen LogP contribution in [0.3, 0.4) is 0 Å². The summed E-state index contributed by atoms with van der Waals surface area (Å²) in [6, 6.07) is 0. The summed E-state index contributed by atoms with van der Waals surface area (Å²) < 4.78 is 1.65. The summed E-state index contributed by atoms with van der Waals surface area (Å²) in [5.74, 6) is 0. The molecule has 82 valence electrons. The molecule has 0 aromatic heterocycles. The molecular formula is C13H20Pd. The number of rotatable bonds is 3. The summed E-state index contributed by atoms with van der Waals surface area (Å²) in [5.41, 5.74) is 4.88. The topological polar surface area (TPSA) is 0 Å². The Morgan fingerprint density at radius 2 is 1.79 bits per heavy atom. The summed E-state index contributed by atoms with van der Waals surface area (Å²) in [6.45, 7) is 15.3. The van der Waals surface area contributed by atoms with Gasteiger partial charge >= 0.3 is 96.3 Å². The maximum absolute atomic E-state index is 3.81. The van der Waals surface area contributed by atoms with E-state index in [1.165, 1.54) is 11.1 Å². The fraction of sp³-hybridized carbons (Fsp3) is 0.538. The number of hydrogen-bond acceptors (Lipinski definition) is 0. The van der Waals surface area contributed by atoms with Crippen LogP contribution in [0.15, 0.2) is 33.4 Å². The molecule has 0 aromatic rings. The van der Waals surface area contributed by atoms with Gasteiger partial charge in [0.15, 0.2) is 0 Å². The second kappa shape index (κ2) is 4.17. The molecule has 0 nitrogen and oxygen atoms in total. The first kappa shape index (κ1) is 12.0. The molecule has 0 aromatic carbocycles. The van der Waals surface area contributed by atoms with Crippen molar-refractivity contribution in [2.24, 2.45) is 5.41 Å². The third-order valence-corrected chi connectivity index (χ3v) is 6.02. The van der Waals surface area contributed by atoms with E-state index < -0.39 is 0 Å². The van der Waals surface area contributed by atoms with Gasteiger partial charge in [-0.25, -0.2) is 0 Å². The van der Waals surface area contributed by atoms with E-state index in [0.717, 1.165) is 4.89 Å². The first-order valence-electron chi connectivity index (χ1n) is 4.95. The predicted molar refractivity (Wildman–Crippen MR) is 59.9 cm³/mol. The van der Waals surface area contributed by atoms with Crippen molar-refractivity contribution in [3.05, 3.63) is 33.4 Å². The first-order valence-corrected chi connectivity index (χ1v) is 6.82. The number of allylic oxidation sites excluding steroid dienone is 5. The Morgan fingerprint density at radius 1 is 1.21 bits per heavy atom. The van der Waals surface area contributed by atoms with Gasteiger partial charge in [-0.15, -0.1) is 0 Å². The Labute approximate surface area is 96.3 Å². The summed E-state index contributed by atoms with van der Waals surface area (Å²) in [6.07, 6.45) is 2.04. The summed E-state index contributed by atoms with van der Waals surface area (Å²) in [5, 5.41) is 0. The van der Waals surface area contributed by atoms with Crippen molar-refractivity contribution in [3.63, 3.8) is 0 Å².